The SMILES string of the molecule is CCCNC1CCCN(C(C)c2ccc(C)c(F)c2)C1=O. The third kappa shape index (κ3) is 3.62. The smallest absolute Gasteiger partial charge is 0.240 e. The molecule has 116 valence electrons. The summed E-state index contributed by atoms with van der Waals surface area (Å²) in [4.78, 5) is 14.4. The van der Waals surface area contributed by atoms with E-state index in [-0.39, 0.29) is 23.8 Å². The van der Waals surface area contributed by atoms with Gasteiger partial charge in [0.25, 0.3) is 0 Å². The maximum Gasteiger partial charge on any atom is 0.240 e. The molecule has 0 aromatic heterocycles. The molecule has 21 heavy (non-hydrogen) atoms. The molecule has 1 aromatic carbocycles. The Labute approximate surface area is 126 Å². The number of aryl methyl sites for hydroxylation is 1. The van der Waals surface area contributed by atoms with Crippen LogP contribution in [0.1, 0.15) is 50.3 Å². The summed E-state index contributed by atoms with van der Waals surface area (Å²) in [5.74, 6) is -0.0624. The fraction of sp³-hybridized carbons (Fsp3) is 0.588. The van der Waals surface area contributed by atoms with E-state index < -0.39 is 0 Å². The minimum absolute atomic E-state index is 0.0844. The van der Waals surface area contributed by atoms with E-state index >= 15 is 0 Å². The number of hydrogen-bond donors (Lipinski definition) is 1. The van der Waals surface area contributed by atoms with Gasteiger partial charge < -0.3 is 10.2 Å². The molecule has 0 saturated carbocycles. The molecule has 3 nitrogen and oxygen atoms in total. The van der Waals surface area contributed by atoms with E-state index in [1.165, 1.54) is 0 Å². The number of carbonyl (C=O) groups is 1. The lowest BCUT2D eigenvalue weighted by Gasteiger charge is -2.37. The molecule has 2 rings (SSSR count). The lowest BCUT2D eigenvalue weighted by atomic mass is 9.98. The Morgan fingerprint density at radius 1 is 1.48 bits per heavy atom. The van der Waals surface area contributed by atoms with Gasteiger partial charge in [-0.05, 0) is 56.8 Å². The molecule has 1 fully saturated rings. The Hall–Kier alpha value is -1.42. The van der Waals surface area contributed by atoms with Gasteiger partial charge >= 0.3 is 0 Å². The van der Waals surface area contributed by atoms with Crippen molar-refractivity contribution in [2.75, 3.05) is 13.1 Å². The number of piperidine rings is 1. The monoisotopic (exact) mass is 292 g/mol. The van der Waals surface area contributed by atoms with Gasteiger partial charge in [-0.3, -0.25) is 4.79 Å². The highest BCUT2D eigenvalue weighted by Gasteiger charge is 2.31. The first-order valence-corrected chi connectivity index (χ1v) is 7.84. The lowest BCUT2D eigenvalue weighted by molar-refractivity contribution is -0.138. The Morgan fingerprint density at radius 3 is 2.90 bits per heavy atom. The van der Waals surface area contributed by atoms with Gasteiger partial charge in [0.05, 0.1) is 12.1 Å². The van der Waals surface area contributed by atoms with Crippen LogP contribution in [0.3, 0.4) is 0 Å². The summed E-state index contributed by atoms with van der Waals surface area (Å²) in [7, 11) is 0. The molecule has 2 unspecified atom stereocenters. The number of hydrogen-bond acceptors (Lipinski definition) is 2. The van der Waals surface area contributed by atoms with E-state index in [1.807, 2.05) is 17.9 Å². The molecule has 0 radical (unpaired) electrons. The van der Waals surface area contributed by atoms with E-state index in [0.717, 1.165) is 37.9 Å². The van der Waals surface area contributed by atoms with Crippen LogP contribution in [-0.4, -0.2) is 29.9 Å². The fourth-order valence-corrected chi connectivity index (χ4v) is 2.84. The van der Waals surface area contributed by atoms with Gasteiger partial charge in [-0.2, -0.15) is 0 Å². The van der Waals surface area contributed by atoms with E-state index in [0.29, 0.717) is 5.56 Å². The standard InChI is InChI=1S/C17H25FN2O/c1-4-9-19-16-6-5-10-20(17(16)21)13(3)14-8-7-12(2)15(18)11-14/h7-8,11,13,16,19H,4-6,9-10H2,1-3H3. The quantitative estimate of drug-likeness (QED) is 0.904. The van der Waals surface area contributed by atoms with Gasteiger partial charge in [0, 0.05) is 6.54 Å². The second-order valence-corrected chi connectivity index (χ2v) is 5.87. The van der Waals surface area contributed by atoms with Crippen molar-refractivity contribution in [1.29, 1.82) is 0 Å². The van der Waals surface area contributed by atoms with Crippen molar-refractivity contribution >= 4 is 5.91 Å². The molecule has 1 aromatic rings. The molecule has 0 aliphatic carbocycles. The number of nitrogens with one attached hydrogen (secondary N) is 1. The van der Waals surface area contributed by atoms with Crippen molar-refractivity contribution in [3.05, 3.63) is 35.1 Å². The van der Waals surface area contributed by atoms with Gasteiger partial charge in [-0.1, -0.05) is 19.1 Å². The fourth-order valence-electron chi connectivity index (χ4n) is 2.84. The molecular weight excluding hydrogens is 267 g/mol. The highest BCUT2D eigenvalue weighted by atomic mass is 19.1. The second kappa shape index (κ2) is 7.03. The molecular formula is C17H25FN2O. The van der Waals surface area contributed by atoms with Crippen LogP contribution in [0.15, 0.2) is 18.2 Å². The molecule has 0 spiro atoms. The number of likely N-dealkylation sites (tertiary alicyclic amines) is 1. The van der Waals surface area contributed by atoms with Crippen LogP contribution in [0.4, 0.5) is 4.39 Å². The van der Waals surface area contributed by atoms with Crippen molar-refractivity contribution in [3.63, 3.8) is 0 Å². The largest absolute Gasteiger partial charge is 0.335 e. The first kappa shape index (κ1) is 16.0. The van der Waals surface area contributed by atoms with Gasteiger partial charge in [-0.15, -0.1) is 0 Å². The predicted molar refractivity (Wildman–Crippen MR) is 82.6 cm³/mol. The number of amides is 1. The number of benzene rings is 1. The zero-order valence-electron chi connectivity index (χ0n) is 13.2. The van der Waals surface area contributed by atoms with Crippen molar-refractivity contribution in [2.24, 2.45) is 0 Å². The van der Waals surface area contributed by atoms with Crippen LogP contribution in [0.2, 0.25) is 0 Å². The van der Waals surface area contributed by atoms with E-state index in [9.17, 15) is 9.18 Å². The van der Waals surface area contributed by atoms with E-state index in [4.69, 9.17) is 0 Å². The second-order valence-electron chi connectivity index (χ2n) is 5.87. The van der Waals surface area contributed by atoms with Crippen LogP contribution >= 0.6 is 0 Å². The topological polar surface area (TPSA) is 32.3 Å². The Bertz CT molecular complexity index is 504. The van der Waals surface area contributed by atoms with Crippen LogP contribution in [0.25, 0.3) is 0 Å². The Kier molecular flexibility index (Phi) is 5.34. The zero-order chi connectivity index (χ0) is 15.4. The summed E-state index contributed by atoms with van der Waals surface area (Å²) < 4.78 is 13.7. The number of rotatable bonds is 5. The summed E-state index contributed by atoms with van der Waals surface area (Å²) in [5.41, 5.74) is 1.50. The first-order valence-electron chi connectivity index (χ1n) is 7.84. The number of carbonyl (C=O) groups excluding carboxylic acids is 1. The van der Waals surface area contributed by atoms with Crippen molar-refractivity contribution in [3.8, 4) is 0 Å². The predicted octanol–water partition coefficient (Wildman–Crippen LogP) is 3.19. The first-order chi connectivity index (χ1) is 10.0. The minimum Gasteiger partial charge on any atom is -0.335 e. The maximum atomic E-state index is 13.7. The summed E-state index contributed by atoms with van der Waals surface area (Å²) in [6.45, 7) is 7.43. The summed E-state index contributed by atoms with van der Waals surface area (Å²) in [6, 6.07) is 5.08. The average Bonchev–Trinajstić information content (AvgIpc) is 2.48. The summed E-state index contributed by atoms with van der Waals surface area (Å²) in [5, 5.41) is 3.31. The summed E-state index contributed by atoms with van der Waals surface area (Å²) in [6.07, 6.45) is 2.90. The van der Waals surface area contributed by atoms with Crippen LogP contribution in [-0.2, 0) is 4.79 Å². The van der Waals surface area contributed by atoms with Crippen LogP contribution < -0.4 is 5.32 Å². The highest BCUT2D eigenvalue weighted by Crippen LogP contribution is 2.26. The molecule has 1 aliphatic rings. The van der Waals surface area contributed by atoms with Gasteiger partial charge in [-0.25, -0.2) is 4.39 Å². The van der Waals surface area contributed by atoms with Crippen LogP contribution in [0.5, 0.6) is 0 Å². The number of nitrogens with zero attached hydrogens (tertiary/aromatic N) is 1. The van der Waals surface area contributed by atoms with Gasteiger partial charge in [0.1, 0.15) is 5.82 Å². The number of halogens is 1. The normalized spacial score (nSPS) is 20.7. The van der Waals surface area contributed by atoms with Crippen molar-refractivity contribution in [1.82, 2.24) is 10.2 Å². The molecule has 0 bridgehead atoms. The minimum atomic E-state index is -0.204. The zero-order valence-corrected chi connectivity index (χ0v) is 13.2. The molecule has 2 atom stereocenters. The Morgan fingerprint density at radius 2 is 2.24 bits per heavy atom. The molecule has 1 amide bonds. The molecule has 1 saturated heterocycles. The molecule has 1 aliphatic heterocycles. The van der Waals surface area contributed by atoms with E-state index in [1.54, 1.807) is 19.1 Å². The molecule has 4 heteroatoms. The third-order valence-electron chi connectivity index (χ3n) is 4.26. The van der Waals surface area contributed by atoms with Crippen molar-refractivity contribution in [2.45, 2.75) is 52.1 Å². The molecule has 1 heterocycles. The van der Waals surface area contributed by atoms with E-state index in [2.05, 4.69) is 12.2 Å². The third-order valence-corrected chi connectivity index (χ3v) is 4.26. The highest BCUT2D eigenvalue weighted by molar-refractivity contribution is 5.83. The van der Waals surface area contributed by atoms with Crippen molar-refractivity contribution < 1.29 is 9.18 Å². The Balaban J connectivity index is 2.11. The lowest BCUT2D eigenvalue weighted by Crippen LogP contribution is -2.51. The van der Waals surface area contributed by atoms with Gasteiger partial charge in [0.15, 0.2) is 0 Å². The van der Waals surface area contributed by atoms with Crippen LogP contribution in [0, 0.1) is 12.7 Å². The van der Waals surface area contributed by atoms with Gasteiger partial charge in [0.2, 0.25) is 5.91 Å². The molecule has 1 N–H and O–H groups in total. The summed E-state index contributed by atoms with van der Waals surface area (Å²) >= 11 is 0. The maximum absolute atomic E-state index is 13.7. The average molecular weight is 292 g/mol.